The van der Waals surface area contributed by atoms with Crippen LogP contribution in [0.4, 0.5) is 0 Å². The topological polar surface area (TPSA) is 52.7 Å². The molecule has 186 valence electrons. The summed E-state index contributed by atoms with van der Waals surface area (Å²) in [5.41, 5.74) is 2.72. The van der Waals surface area contributed by atoms with E-state index in [-0.39, 0.29) is 23.9 Å². The van der Waals surface area contributed by atoms with Crippen LogP contribution in [-0.4, -0.2) is 52.3 Å². The number of fused-ring (bicyclic) bond motifs is 2. The first-order chi connectivity index (χ1) is 16.9. The van der Waals surface area contributed by atoms with Crippen molar-refractivity contribution in [1.82, 2.24) is 15.1 Å². The predicted molar refractivity (Wildman–Crippen MR) is 139 cm³/mol. The molecule has 2 aromatic carbocycles. The summed E-state index contributed by atoms with van der Waals surface area (Å²) in [5, 5.41) is 4.06. The van der Waals surface area contributed by atoms with E-state index >= 15 is 0 Å². The van der Waals surface area contributed by atoms with E-state index in [0.29, 0.717) is 37.5 Å². The molecule has 2 fully saturated rings. The molecule has 1 aliphatic carbocycles. The van der Waals surface area contributed by atoms with E-state index in [4.69, 9.17) is 11.6 Å². The van der Waals surface area contributed by atoms with Crippen LogP contribution in [0.15, 0.2) is 48.5 Å². The second kappa shape index (κ2) is 10.3. The number of hydrogen-bond donors (Lipinski definition) is 1. The van der Waals surface area contributed by atoms with Gasteiger partial charge in [-0.25, -0.2) is 0 Å². The molecule has 2 heterocycles. The van der Waals surface area contributed by atoms with Gasteiger partial charge in [0.1, 0.15) is 5.54 Å². The van der Waals surface area contributed by atoms with E-state index in [1.165, 1.54) is 24.0 Å². The zero-order valence-electron chi connectivity index (χ0n) is 20.6. The Morgan fingerprint density at radius 1 is 1.03 bits per heavy atom. The normalized spacial score (nSPS) is 25.5. The lowest BCUT2D eigenvalue weighted by Crippen LogP contribution is -2.73. The van der Waals surface area contributed by atoms with Gasteiger partial charge in [0.05, 0.1) is 6.04 Å². The van der Waals surface area contributed by atoms with E-state index in [1.807, 2.05) is 42.2 Å². The summed E-state index contributed by atoms with van der Waals surface area (Å²) in [7, 11) is 0. The van der Waals surface area contributed by atoms with Gasteiger partial charge in [-0.05, 0) is 61.4 Å². The lowest BCUT2D eigenvalue weighted by atomic mass is 9.85. The molecule has 0 radical (unpaired) electrons. The number of amides is 2. The highest BCUT2D eigenvalue weighted by atomic mass is 35.5. The number of hydrogen-bond acceptors (Lipinski definition) is 3. The van der Waals surface area contributed by atoms with Gasteiger partial charge < -0.3 is 10.2 Å². The molecule has 2 aromatic rings. The molecule has 1 saturated heterocycles. The summed E-state index contributed by atoms with van der Waals surface area (Å²) in [5.74, 6) is 0.0596. The molecule has 0 spiro atoms. The van der Waals surface area contributed by atoms with Gasteiger partial charge in [0.25, 0.3) is 0 Å². The molecule has 5 rings (SSSR count). The van der Waals surface area contributed by atoms with Crippen LogP contribution in [0.2, 0.25) is 5.02 Å². The van der Waals surface area contributed by atoms with Crippen LogP contribution in [0.5, 0.6) is 0 Å². The SMILES string of the molecule is CC1(C(=O)NC2CCCCCC2)CN2Cc3ccccc3CC2C(=O)N1CCc1ccc(Cl)cc1. The third kappa shape index (κ3) is 5.12. The molecule has 3 aliphatic rings. The van der Waals surface area contributed by atoms with Gasteiger partial charge in [-0.1, -0.05) is 73.7 Å². The smallest absolute Gasteiger partial charge is 0.247 e. The van der Waals surface area contributed by atoms with Gasteiger partial charge in [-0.3, -0.25) is 14.5 Å². The monoisotopic (exact) mass is 493 g/mol. The van der Waals surface area contributed by atoms with Crippen molar-refractivity contribution in [3.05, 3.63) is 70.2 Å². The van der Waals surface area contributed by atoms with E-state index in [9.17, 15) is 9.59 Å². The minimum atomic E-state index is -0.904. The second-order valence-electron chi connectivity index (χ2n) is 10.7. The van der Waals surface area contributed by atoms with Crippen LogP contribution in [0.3, 0.4) is 0 Å². The Balaban J connectivity index is 1.41. The Hall–Kier alpha value is -2.37. The molecule has 5 nitrogen and oxygen atoms in total. The summed E-state index contributed by atoms with van der Waals surface area (Å²) in [6.45, 7) is 3.75. The second-order valence-corrected chi connectivity index (χ2v) is 11.1. The fourth-order valence-corrected chi connectivity index (χ4v) is 6.22. The number of carbonyl (C=O) groups is 2. The Bertz CT molecular complexity index is 1060. The minimum absolute atomic E-state index is 0.00818. The molecule has 1 N–H and O–H groups in total. The first-order valence-corrected chi connectivity index (χ1v) is 13.5. The van der Waals surface area contributed by atoms with E-state index in [2.05, 4.69) is 28.4 Å². The number of halogens is 1. The molecule has 2 unspecified atom stereocenters. The Labute approximate surface area is 213 Å². The van der Waals surface area contributed by atoms with E-state index in [0.717, 1.165) is 31.2 Å². The maximum Gasteiger partial charge on any atom is 0.247 e. The summed E-state index contributed by atoms with van der Waals surface area (Å²) >= 11 is 6.07. The third-order valence-electron chi connectivity index (χ3n) is 8.22. The van der Waals surface area contributed by atoms with Crippen molar-refractivity contribution >= 4 is 23.4 Å². The average Bonchev–Trinajstić information content (AvgIpc) is 3.13. The number of nitrogens with zero attached hydrogens (tertiary/aromatic N) is 2. The minimum Gasteiger partial charge on any atom is -0.351 e. The lowest BCUT2D eigenvalue weighted by molar-refractivity contribution is -0.162. The van der Waals surface area contributed by atoms with Gasteiger partial charge >= 0.3 is 0 Å². The molecule has 1 saturated carbocycles. The molecule has 2 aliphatic heterocycles. The van der Waals surface area contributed by atoms with Crippen molar-refractivity contribution in [1.29, 1.82) is 0 Å². The number of rotatable bonds is 5. The van der Waals surface area contributed by atoms with Gasteiger partial charge in [-0.15, -0.1) is 0 Å². The van der Waals surface area contributed by atoms with Gasteiger partial charge in [0, 0.05) is 30.7 Å². The van der Waals surface area contributed by atoms with Crippen molar-refractivity contribution < 1.29 is 9.59 Å². The van der Waals surface area contributed by atoms with Gasteiger partial charge in [-0.2, -0.15) is 0 Å². The summed E-state index contributed by atoms with van der Waals surface area (Å²) < 4.78 is 0. The maximum atomic E-state index is 14.0. The standard InChI is InChI=1S/C29H36ClN3O2/c1-29(28(35)31-25-10-4-2-3-5-11-25)20-32-19-23-9-7-6-8-22(23)18-26(32)27(34)33(29)17-16-21-12-14-24(30)15-13-21/h6-9,12-15,25-26H,2-5,10-11,16-20H2,1H3,(H,31,35). The zero-order chi connectivity index (χ0) is 24.4. The molecule has 2 amide bonds. The fraction of sp³-hybridized carbons (Fsp3) is 0.517. The largest absolute Gasteiger partial charge is 0.351 e. The average molecular weight is 494 g/mol. The Kier molecular flexibility index (Phi) is 7.17. The van der Waals surface area contributed by atoms with Crippen LogP contribution in [-0.2, 0) is 29.0 Å². The number of piperazine rings is 1. The first kappa shape index (κ1) is 24.3. The van der Waals surface area contributed by atoms with Gasteiger partial charge in [0.15, 0.2) is 0 Å². The van der Waals surface area contributed by atoms with Crippen molar-refractivity contribution in [2.45, 2.75) is 82.5 Å². The van der Waals surface area contributed by atoms with E-state index < -0.39 is 5.54 Å². The molecule has 0 bridgehead atoms. The molecular weight excluding hydrogens is 458 g/mol. The van der Waals surface area contributed by atoms with Crippen LogP contribution in [0, 0.1) is 0 Å². The summed E-state index contributed by atoms with van der Waals surface area (Å²) in [6.07, 6.45) is 8.25. The predicted octanol–water partition coefficient (Wildman–Crippen LogP) is 4.75. The maximum absolute atomic E-state index is 14.0. The highest BCUT2D eigenvalue weighted by molar-refractivity contribution is 6.30. The van der Waals surface area contributed by atoms with Crippen molar-refractivity contribution in [3.63, 3.8) is 0 Å². The fourth-order valence-electron chi connectivity index (χ4n) is 6.10. The first-order valence-electron chi connectivity index (χ1n) is 13.1. The number of benzene rings is 2. The molecular formula is C29H36ClN3O2. The molecule has 35 heavy (non-hydrogen) atoms. The highest BCUT2D eigenvalue weighted by Crippen LogP contribution is 2.34. The molecule has 2 atom stereocenters. The van der Waals surface area contributed by atoms with Crippen LogP contribution < -0.4 is 5.32 Å². The van der Waals surface area contributed by atoms with Gasteiger partial charge in [0.2, 0.25) is 11.8 Å². The quantitative estimate of drug-likeness (QED) is 0.611. The highest BCUT2D eigenvalue weighted by Gasteiger charge is 2.52. The third-order valence-corrected chi connectivity index (χ3v) is 8.47. The van der Waals surface area contributed by atoms with Crippen molar-refractivity contribution in [2.24, 2.45) is 0 Å². The summed E-state index contributed by atoms with van der Waals surface area (Å²) in [6, 6.07) is 16.1. The van der Waals surface area contributed by atoms with Crippen LogP contribution in [0.1, 0.15) is 62.1 Å². The number of nitrogens with one attached hydrogen (secondary N) is 1. The molecule has 0 aromatic heterocycles. The summed E-state index contributed by atoms with van der Waals surface area (Å²) in [4.78, 5) is 32.0. The number of carbonyl (C=O) groups excluding carboxylic acids is 2. The van der Waals surface area contributed by atoms with Crippen molar-refractivity contribution in [3.8, 4) is 0 Å². The van der Waals surface area contributed by atoms with Crippen molar-refractivity contribution in [2.75, 3.05) is 13.1 Å². The van der Waals surface area contributed by atoms with Crippen LogP contribution in [0.25, 0.3) is 0 Å². The Morgan fingerprint density at radius 3 is 2.43 bits per heavy atom. The molecule has 6 heteroatoms. The van der Waals surface area contributed by atoms with E-state index in [1.54, 1.807) is 0 Å². The Morgan fingerprint density at radius 2 is 1.71 bits per heavy atom. The van der Waals surface area contributed by atoms with Crippen LogP contribution >= 0.6 is 11.6 Å². The zero-order valence-corrected chi connectivity index (χ0v) is 21.4. The lowest BCUT2D eigenvalue weighted by Gasteiger charge is -2.52.